The number of carboxylic acid groups (broad SMARTS) is 1. The number of halogens is 2. The van der Waals surface area contributed by atoms with Crippen molar-refractivity contribution in [2.75, 3.05) is 0 Å². The third-order valence-corrected chi connectivity index (χ3v) is 2.92. The van der Waals surface area contributed by atoms with E-state index in [1.165, 1.54) is 0 Å². The molecule has 4 nitrogen and oxygen atoms in total. The van der Waals surface area contributed by atoms with Gasteiger partial charge in [0.1, 0.15) is 0 Å². The number of aromatic nitrogens is 1. The minimum Gasteiger partial charge on any atom is -0.481 e. The summed E-state index contributed by atoms with van der Waals surface area (Å²) in [5.74, 6) is -0.987. The van der Waals surface area contributed by atoms with Crippen molar-refractivity contribution < 1.29 is 14.7 Å². The first kappa shape index (κ1) is 12.0. The normalized spacial score (nSPS) is 10.7. The Morgan fingerprint density at radius 3 is 2.65 bits per heavy atom. The number of rotatable bonds is 3. The molecule has 1 aromatic carbocycles. The predicted molar refractivity (Wildman–Crippen MR) is 64.8 cm³/mol. The highest BCUT2D eigenvalue weighted by molar-refractivity contribution is 6.69. The average molecular weight is 272 g/mol. The molecule has 0 saturated heterocycles. The molecule has 2 N–H and O–H groups in total. The molecule has 0 fully saturated rings. The van der Waals surface area contributed by atoms with Gasteiger partial charge in [0.05, 0.1) is 17.0 Å². The van der Waals surface area contributed by atoms with Crippen LogP contribution in [0.15, 0.2) is 18.3 Å². The number of fused-ring (bicyclic) bond motifs is 1. The monoisotopic (exact) mass is 271 g/mol. The number of benzene rings is 1. The van der Waals surface area contributed by atoms with Gasteiger partial charge in [0, 0.05) is 17.1 Å². The van der Waals surface area contributed by atoms with Crippen LogP contribution < -0.4 is 0 Å². The molecule has 0 radical (unpaired) electrons. The van der Waals surface area contributed by atoms with Crippen molar-refractivity contribution in [1.82, 2.24) is 4.98 Å². The Balaban J connectivity index is 2.75. The predicted octanol–water partition coefficient (Wildman–Crippen LogP) is 2.83. The van der Waals surface area contributed by atoms with Crippen LogP contribution in [0.2, 0.25) is 5.02 Å². The summed E-state index contributed by atoms with van der Waals surface area (Å²) in [6.45, 7) is 0. The van der Waals surface area contributed by atoms with Crippen LogP contribution in [0, 0.1) is 0 Å². The largest absolute Gasteiger partial charge is 0.481 e. The highest BCUT2D eigenvalue weighted by atomic mass is 35.5. The van der Waals surface area contributed by atoms with Gasteiger partial charge in [-0.2, -0.15) is 0 Å². The standard InChI is InChI=1S/C11H7Cl2NO3/c12-6-1-2-7-9(10(6)11(13)17)5(4-14-7)3-8(15)16/h1-2,4,14H,3H2,(H,15,16). The molecule has 0 spiro atoms. The number of carboxylic acids is 1. The first-order valence-corrected chi connectivity index (χ1v) is 5.46. The summed E-state index contributed by atoms with van der Waals surface area (Å²) in [6.07, 6.45) is 1.34. The zero-order chi connectivity index (χ0) is 12.6. The maximum absolute atomic E-state index is 11.3. The van der Waals surface area contributed by atoms with Crippen LogP contribution in [0.3, 0.4) is 0 Å². The van der Waals surface area contributed by atoms with Crippen molar-refractivity contribution in [2.24, 2.45) is 0 Å². The summed E-state index contributed by atoms with van der Waals surface area (Å²) in [6, 6.07) is 3.22. The van der Waals surface area contributed by atoms with Crippen molar-refractivity contribution in [1.29, 1.82) is 0 Å². The van der Waals surface area contributed by atoms with Gasteiger partial charge in [0.2, 0.25) is 0 Å². The lowest BCUT2D eigenvalue weighted by Crippen LogP contribution is -2.01. The van der Waals surface area contributed by atoms with E-state index in [0.29, 0.717) is 16.5 Å². The summed E-state index contributed by atoms with van der Waals surface area (Å²) in [7, 11) is 0. The second-order valence-corrected chi connectivity index (χ2v) is 4.25. The van der Waals surface area contributed by atoms with Crippen LogP contribution in [-0.4, -0.2) is 21.3 Å². The van der Waals surface area contributed by atoms with Crippen LogP contribution >= 0.6 is 23.2 Å². The van der Waals surface area contributed by atoms with E-state index in [0.717, 1.165) is 0 Å². The molecule has 6 heteroatoms. The Morgan fingerprint density at radius 1 is 1.35 bits per heavy atom. The molecule has 2 rings (SSSR count). The fourth-order valence-corrected chi connectivity index (χ4v) is 2.25. The number of nitrogens with one attached hydrogen (secondary N) is 1. The molecule has 0 aliphatic heterocycles. The number of aliphatic carboxylic acids is 1. The fourth-order valence-electron chi connectivity index (χ4n) is 1.76. The van der Waals surface area contributed by atoms with Gasteiger partial charge in [-0.1, -0.05) is 11.6 Å². The molecule has 1 heterocycles. The zero-order valence-electron chi connectivity index (χ0n) is 8.46. The summed E-state index contributed by atoms with van der Waals surface area (Å²) < 4.78 is 0. The average Bonchev–Trinajstić information content (AvgIpc) is 2.60. The zero-order valence-corrected chi connectivity index (χ0v) is 9.97. The van der Waals surface area contributed by atoms with Crippen molar-refractivity contribution >= 4 is 45.3 Å². The summed E-state index contributed by atoms with van der Waals surface area (Å²) in [5.41, 5.74) is 1.26. The lowest BCUT2D eigenvalue weighted by atomic mass is 10.1. The first-order valence-electron chi connectivity index (χ1n) is 4.70. The fraction of sp³-hybridized carbons (Fsp3) is 0.0909. The molecular formula is C11H7Cl2NO3. The van der Waals surface area contributed by atoms with Gasteiger partial charge in [-0.25, -0.2) is 0 Å². The van der Waals surface area contributed by atoms with E-state index >= 15 is 0 Å². The summed E-state index contributed by atoms with van der Waals surface area (Å²) >= 11 is 11.4. The van der Waals surface area contributed by atoms with Crippen molar-refractivity contribution in [3.8, 4) is 0 Å². The third-order valence-electron chi connectivity index (χ3n) is 2.42. The van der Waals surface area contributed by atoms with E-state index in [9.17, 15) is 9.59 Å². The van der Waals surface area contributed by atoms with Gasteiger partial charge in [-0.15, -0.1) is 0 Å². The van der Waals surface area contributed by atoms with Crippen LogP contribution in [-0.2, 0) is 11.2 Å². The van der Waals surface area contributed by atoms with Crippen LogP contribution in [0.4, 0.5) is 0 Å². The SMILES string of the molecule is O=C(O)Cc1c[nH]c2ccc(Cl)c(C(=O)Cl)c12. The third kappa shape index (κ3) is 2.14. The lowest BCUT2D eigenvalue weighted by molar-refractivity contribution is -0.136. The van der Waals surface area contributed by atoms with Gasteiger partial charge in [-0.3, -0.25) is 9.59 Å². The van der Waals surface area contributed by atoms with Crippen molar-refractivity contribution in [2.45, 2.75) is 6.42 Å². The Bertz CT molecular complexity index is 618. The molecule has 0 aliphatic rings. The van der Waals surface area contributed by atoms with Crippen LogP contribution in [0.25, 0.3) is 10.9 Å². The highest BCUT2D eigenvalue weighted by Crippen LogP contribution is 2.30. The quantitative estimate of drug-likeness (QED) is 0.844. The second kappa shape index (κ2) is 4.39. The molecule has 0 bridgehead atoms. The minimum absolute atomic E-state index is 0.142. The number of hydrogen-bond donors (Lipinski definition) is 2. The van der Waals surface area contributed by atoms with E-state index in [1.807, 2.05) is 0 Å². The maximum atomic E-state index is 11.3. The lowest BCUT2D eigenvalue weighted by Gasteiger charge is -2.03. The number of carbonyl (C=O) groups excluding carboxylic acids is 1. The molecular weight excluding hydrogens is 265 g/mol. The molecule has 0 unspecified atom stereocenters. The molecule has 0 saturated carbocycles. The molecule has 0 atom stereocenters. The number of hydrogen-bond acceptors (Lipinski definition) is 2. The van der Waals surface area contributed by atoms with Gasteiger partial charge in [0.15, 0.2) is 0 Å². The van der Waals surface area contributed by atoms with E-state index in [4.69, 9.17) is 28.3 Å². The van der Waals surface area contributed by atoms with Gasteiger partial charge < -0.3 is 10.1 Å². The smallest absolute Gasteiger partial charge is 0.307 e. The van der Waals surface area contributed by atoms with Gasteiger partial charge >= 0.3 is 5.97 Å². The summed E-state index contributed by atoms with van der Waals surface area (Å²) in [5, 5.41) is 8.76. The highest BCUT2D eigenvalue weighted by Gasteiger charge is 2.17. The van der Waals surface area contributed by atoms with E-state index in [1.54, 1.807) is 18.3 Å². The molecule has 88 valence electrons. The van der Waals surface area contributed by atoms with E-state index < -0.39 is 11.2 Å². The van der Waals surface area contributed by atoms with Crippen molar-refractivity contribution in [3.05, 3.63) is 34.5 Å². The molecule has 0 amide bonds. The van der Waals surface area contributed by atoms with Crippen molar-refractivity contribution in [3.63, 3.8) is 0 Å². The van der Waals surface area contributed by atoms with Gasteiger partial charge in [-0.05, 0) is 29.3 Å². The summed E-state index contributed by atoms with van der Waals surface area (Å²) in [4.78, 5) is 24.9. The van der Waals surface area contributed by atoms with E-state index in [-0.39, 0.29) is 17.0 Å². The number of carbonyl (C=O) groups is 2. The number of aromatic amines is 1. The van der Waals surface area contributed by atoms with E-state index in [2.05, 4.69) is 4.98 Å². The molecule has 17 heavy (non-hydrogen) atoms. The molecule has 2 aromatic rings. The maximum Gasteiger partial charge on any atom is 0.307 e. The first-order chi connectivity index (χ1) is 8.00. The Morgan fingerprint density at radius 2 is 2.06 bits per heavy atom. The number of H-pyrrole nitrogens is 1. The van der Waals surface area contributed by atoms with Crippen LogP contribution in [0.5, 0.6) is 0 Å². The Hall–Kier alpha value is -1.52. The molecule has 0 aliphatic carbocycles. The second-order valence-electron chi connectivity index (χ2n) is 3.50. The Labute approximate surface area is 106 Å². The topological polar surface area (TPSA) is 70.2 Å². The van der Waals surface area contributed by atoms with Crippen LogP contribution in [0.1, 0.15) is 15.9 Å². The Kier molecular flexibility index (Phi) is 3.09. The van der Waals surface area contributed by atoms with Gasteiger partial charge in [0.25, 0.3) is 5.24 Å². The molecule has 1 aromatic heterocycles. The minimum atomic E-state index is -0.987.